The molecule has 2 saturated carbocycles. The molecule has 0 radical (unpaired) electrons. The predicted molar refractivity (Wildman–Crippen MR) is 462 cm³/mol. The molecule has 17 rings (SSSR count). The predicted octanol–water partition coefficient (Wildman–Crippen LogP) is 18.2. The maximum Gasteiger partial charge on any atom is 0.416 e. The van der Waals surface area contributed by atoms with Crippen LogP contribution >= 0.6 is 0 Å². The van der Waals surface area contributed by atoms with Gasteiger partial charge < -0.3 is 60.3 Å². The van der Waals surface area contributed by atoms with Gasteiger partial charge in [0.1, 0.15) is 53.0 Å². The van der Waals surface area contributed by atoms with E-state index in [-0.39, 0.29) is 78.9 Å². The number of primary amides is 3. The Morgan fingerprint density at radius 2 is 0.806 bits per heavy atom. The quantitative estimate of drug-likeness (QED) is 0.0374. The number of carbonyl (C=O) groups is 6. The van der Waals surface area contributed by atoms with E-state index in [4.69, 9.17) is 60.6 Å². The Morgan fingerprint density at radius 1 is 0.419 bits per heavy atom. The number of methoxy groups -OCH3 is 3. The molecule has 680 valence electrons. The van der Waals surface area contributed by atoms with Gasteiger partial charge >= 0.3 is 36.8 Å². The van der Waals surface area contributed by atoms with Crippen molar-refractivity contribution >= 4 is 53.5 Å². The third-order valence-corrected chi connectivity index (χ3v) is 25.8. The second-order valence-electron chi connectivity index (χ2n) is 34.3. The summed E-state index contributed by atoms with van der Waals surface area (Å²) in [4.78, 5) is 100. The number of aromatic nitrogens is 3. The standard InChI is InChI=1S/C35H42N4O4.C31H31F3N4O4.C30H28F6N4O4/c1-21-16-22(2)18-27(17-21)33-23(3)39(35(41)43-33)20-30-28(11-13-32(37-30)38-14-5-15-38)29-19-26(10-12-31(29)42-4)24-6-8-25(9-7-24)34(36)40;1-17-28(19-5-3-6-20(13-19)31(32,33)34)42-30(40)38(17)16-25-21(8-10-27(36-25)37-11-4-12-37)23-14-18(7-9-26(23)41-2)22-15-24(22)29(35)39;1-16-27(18-12-19(29(31,32)33)14-20(13-18)30(34,35)36)44-28(42)40(16)15-23-21(5-7-26(38-23)39-8-3-9-39)22-10-17(11-25(37)41)4-6-24(22)43-2/h10-13,16-19,23-25,33H,5-9,14-15,20H2,1-4H3,(H2,36,40);3,5-10,13-14,17,22,24,28H,4,11-12,15-16H2,1-2H3,(H2,35,39);4-7,10,12-14,16,27H,3,8-9,11,15H2,1-2H3,(H2,37,41)/t23-,24?,25?,33-;17-,22-,24+,28-;16-,27-/m000/s1. The molecule has 8 aliphatic rings. The summed E-state index contributed by atoms with van der Waals surface area (Å²) >= 11 is 0. The number of ether oxygens (including phenoxy) is 6. The van der Waals surface area contributed by atoms with E-state index in [1.165, 1.54) is 41.5 Å². The van der Waals surface area contributed by atoms with Crippen molar-refractivity contribution in [1.82, 2.24) is 29.7 Å². The molecule has 2 aliphatic carbocycles. The molecule has 33 heteroatoms. The molecule has 6 aromatic carbocycles. The first-order chi connectivity index (χ1) is 61.4. The number of rotatable bonds is 24. The maximum absolute atomic E-state index is 13.5. The Kier molecular flexibility index (Phi) is 26.1. The summed E-state index contributed by atoms with van der Waals surface area (Å²) in [7, 11) is 4.72. The molecule has 6 aliphatic heterocycles. The number of aryl methyl sites for hydroxylation is 2. The number of nitrogens with two attached hydrogens (primary N) is 3. The van der Waals surface area contributed by atoms with E-state index in [1.54, 1.807) is 56.4 Å². The van der Waals surface area contributed by atoms with Crippen LogP contribution in [0.25, 0.3) is 33.4 Å². The van der Waals surface area contributed by atoms with Gasteiger partial charge in [0.15, 0.2) is 0 Å². The minimum Gasteiger partial charge on any atom is -0.496 e. The zero-order chi connectivity index (χ0) is 92.0. The Labute approximate surface area is 740 Å². The van der Waals surface area contributed by atoms with Crippen LogP contribution in [0, 0.1) is 25.7 Å². The van der Waals surface area contributed by atoms with Crippen molar-refractivity contribution in [2.45, 2.75) is 179 Å². The van der Waals surface area contributed by atoms with Gasteiger partial charge in [0.05, 0.1) is 99.3 Å². The maximum atomic E-state index is 13.5. The van der Waals surface area contributed by atoms with Crippen LogP contribution in [0.3, 0.4) is 0 Å². The van der Waals surface area contributed by atoms with Crippen LogP contribution < -0.4 is 46.1 Å². The average Bonchev–Trinajstić information content (AvgIpc) is 1.77. The number of pyridine rings is 3. The van der Waals surface area contributed by atoms with E-state index < -0.39 is 83.2 Å². The SMILES string of the molecule is COc1ccc(C2CCC(C(N)=O)CC2)cc1-c1ccc(N2CCC2)nc1CN1C(=O)O[C@H](c2cc(C)cc(C)c2)[C@@H]1C.COc1ccc(CC(N)=O)cc1-c1ccc(N2CCC2)nc1CN1C(=O)O[C@H](c2cc(C(F)(F)F)cc(C(F)(F)F)c2)[C@@H]1C.COc1ccc([C@@H]2C[C@H]2C(N)=O)cc1-c1ccc(N2CCC2)nc1CN1C(=O)O[C@H](c2cccc(C(F)(F)F)c2)[C@@H]1C. The number of carbonyl (C=O) groups excluding carboxylic acids is 6. The Morgan fingerprint density at radius 3 is 1.19 bits per heavy atom. The summed E-state index contributed by atoms with van der Waals surface area (Å²) in [6.07, 6.45) is -11.8. The molecule has 6 N–H and O–H groups in total. The fraction of sp³-hybridized carbons (Fsp3) is 0.406. The highest BCUT2D eigenvalue weighted by molar-refractivity contribution is 5.84. The molecule has 24 nitrogen and oxygen atoms in total. The van der Waals surface area contributed by atoms with E-state index in [0.29, 0.717) is 76.4 Å². The van der Waals surface area contributed by atoms with E-state index >= 15 is 0 Å². The molecule has 0 spiro atoms. The zero-order valence-electron chi connectivity index (χ0n) is 72.5. The van der Waals surface area contributed by atoms with Gasteiger partial charge in [-0.1, -0.05) is 59.7 Å². The first-order valence-electron chi connectivity index (χ1n) is 43.0. The van der Waals surface area contributed by atoms with Crippen molar-refractivity contribution in [2.75, 3.05) is 75.3 Å². The summed E-state index contributed by atoms with van der Waals surface area (Å²) < 4.78 is 155. The van der Waals surface area contributed by atoms with Crippen LogP contribution in [0.5, 0.6) is 17.2 Å². The van der Waals surface area contributed by atoms with E-state index in [2.05, 4.69) is 73.0 Å². The smallest absolute Gasteiger partial charge is 0.416 e. The molecule has 9 heterocycles. The molecule has 6 amide bonds. The third-order valence-electron chi connectivity index (χ3n) is 25.8. The second kappa shape index (κ2) is 37.1. The highest BCUT2D eigenvalue weighted by Gasteiger charge is 2.48. The molecule has 0 bridgehead atoms. The minimum atomic E-state index is -5.06. The van der Waals surface area contributed by atoms with Gasteiger partial charge in [-0.15, -0.1) is 0 Å². The lowest BCUT2D eigenvalue weighted by Crippen LogP contribution is -2.38. The first-order valence-corrected chi connectivity index (χ1v) is 43.0. The molecule has 6 saturated heterocycles. The lowest BCUT2D eigenvalue weighted by atomic mass is 9.78. The van der Waals surface area contributed by atoms with Crippen molar-refractivity contribution in [3.63, 3.8) is 0 Å². The normalized spacial score (nSPS) is 21.9. The number of benzene rings is 6. The minimum absolute atomic E-state index is 0.0277. The fourth-order valence-electron chi connectivity index (χ4n) is 18.1. The van der Waals surface area contributed by atoms with Gasteiger partial charge in [0, 0.05) is 84.5 Å². The highest BCUT2D eigenvalue weighted by Crippen LogP contribution is 2.51. The number of cyclic esters (lactones) is 3. The van der Waals surface area contributed by atoms with Crippen molar-refractivity contribution < 1.29 is 96.7 Å². The molecule has 0 unspecified atom stereocenters. The molecule has 9 aromatic rings. The van der Waals surface area contributed by atoms with Crippen LogP contribution in [-0.4, -0.2) is 144 Å². The summed E-state index contributed by atoms with van der Waals surface area (Å²) in [6, 6.07) is 39.6. The van der Waals surface area contributed by atoms with Crippen LogP contribution in [0.1, 0.15) is 181 Å². The molecular weight excluding hydrogens is 1680 g/mol. The van der Waals surface area contributed by atoms with Gasteiger partial charge in [0.25, 0.3) is 0 Å². The van der Waals surface area contributed by atoms with Crippen molar-refractivity contribution in [3.8, 4) is 50.6 Å². The van der Waals surface area contributed by atoms with E-state index in [0.717, 1.165) is 164 Å². The number of nitrogens with zero attached hydrogens (tertiary/aromatic N) is 9. The number of anilines is 3. The van der Waals surface area contributed by atoms with Gasteiger partial charge in [-0.2, -0.15) is 39.5 Å². The number of amides is 6. The highest BCUT2D eigenvalue weighted by atomic mass is 19.4. The Hall–Kier alpha value is -12.8. The number of halogens is 9. The third kappa shape index (κ3) is 19.8. The number of alkyl halides is 9. The van der Waals surface area contributed by atoms with Gasteiger partial charge in [0.2, 0.25) is 17.7 Å². The monoisotopic (exact) mass is 1780 g/mol. The van der Waals surface area contributed by atoms with Crippen molar-refractivity contribution in [2.24, 2.45) is 29.0 Å². The van der Waals surface area contributed by atoms with Crippen molar-refractivity contribution in [1.29, 1.82) is 0 Å². The largest absolute Gasteiger partial charge is 0.496 e. The number of hydrogen-bond acceptors (Lipinski definition) is 18. The van der Waals surface area contributed by atoms with Gasteiger partial charge in [-0.25, -0.2) is 29.3 Å². The van der Waals surface area contributed by atoms with E-state index in [9.17, 15) is 68.3 Å². The lowest BCUT2D eigenvalue weighted by molar-refractivity contribution is -0.143. The summed E-state index contributed by atoms with van der Waals surface area (Å²) in [6.45, 7) is 14.9. The van der Waals surface area contributed by atoms with Gasteiger partial charge in [-0.3, -0.25) is 29.1 Å². The topological polar surface area (TPSA) is 294 Å². The van der Waals surface area contributed by atoms with Crippen LogP contribution in [-0.2, 0) is 73.2 Å². The fourth-order valence-corrected chi connectivity index (χ4v) is 18.1. The first kappa shape index (κ1) is 90.9. The molecule has 129 heavy (non-hydrogen) atoms. The average molecular weight is 1790 g/mol. The van der Waals surface area contributed by atoms with Crippen LogP contribution in [0.15, 0.2) is 152 Å². The molecular formula is C96H101F9N12O12. The van der Waals surface area contributed by atoms with Gasteiger partial charge in [-0.05, 0) is 234 Å². The van der Waals surface area contributed by atoms with E-state index in [1.807, 2.05) is 41.3 Å². The lowest BCUT2D eigenvalue weighted by Gasteiger charge is -2.33. The van der Waals surface area contributed by atoms with Crippen LogP contribution in [0.2, 0.25) is 0 Å². The molecule has 3 aromatic heterocycles. The summed E-state index contributed by atoms with van der Waals surface area (Å²) in [5.74, 6) is 3.23. The Bertz CT molecular complexity index is 5710. The second-order valence-corrected chi connectivity index (χ2v) is 34.3. The van der Waals surface area contributed by atoms with Crippen molar-refractivity contribution in [3.05, 3.63) is 230 Å². The summed E-state index contributed by atoms with van der Waals surface area (Å²) in [5.41, 5.74) is 25.0. The number of hydrogen-bond donors (Lipinski definition) is 3. The Balaban J connectivity index is 0.000000149. The zero-order valence-corrected chi connectivity index (χ0v) is 72.5. The summed E-state index contributed by atoms with van der Waals surface area (Å²) in [5, 5.41) is 0. The van der Waals surface area contributed by atoms with Crippen LogP contribution in [0.4, 0.5) is 71.4 Å². The molecule has 8 fully saturated rings. The molecule has 8 atom stereocenters.